The lowest BCUT2D eigenvalue weighted by Gasteiger charge is -2.08. The van der Waals surface area contributed by atoms with Crippen LogP contribution in [0.2, 0.25) is 0 Å². The zero-order chi connectivity index (χ0) is 57.4. The largest absolute Gasteiger partial charge is 0.463 e. The Balaban J connectivity index is -0.000000455. The van der Waals surface area contributed by atoms with Gasteiger partial charge >= 0.3 is 23.9 Å². The number of esters is 4. The van der Waals surface area contributed by atoms with Crippen molar-refractivity contribution in [1.29, 1.82) is 0 Å². The molecule has 0 spiro atoms. The molecule has 16 nitrogen and oxygen atoms in total. The number of unbranched alkanes of at least 4 members (excludes halogenated alkanes) is 32. The first-order valence-electron chi connectivity index (χ1n) is 30.6. The Morgan fingerprint density at radius 1 is 0.250 bits per heavy atom. The van der Waals surface area contributed by atoms with E-state index in [9.17, 15) is 19.2 Å². The van der Waals surface area contributed by atoms with E-state index in [-0.39, 0.29) is 76.7 Å². The van der Waals surface area contributed by atoms with Crippen LogP contribution in [0.4, 0.5) is 0 Å². The summed E-state index contributed by atoms with van der Waals surface area (Å²) < 4.78 is 19.3. The van der Waals surface area contributed by atoms with Gasteiger partial charge in [0, 0.05) is 25.7 Å². The van der Waals surface area contributed by atoms with Gasteiger partial charge < -0.3 is 59.8 Å². The molecule has 0 radical (unpaired) electrons. The zero-order valence-electron chi connectivity index (χ0n) is 49.1. The quantitative estimate of drug-likeness (QED) is 0.0160. The van der Waals surface area contributed by atoms with Crippen molar-refractivity contribution in [2.75, 3.05) is 52.9 Å². The van der Waals surface area contributed by atoms with Crippen LogP contribution in [0.25, 0.3) is 0 Å². The smallest absolute Gasteiger partial charge is 0.305 e. The van der Waals surface area contributed by atoms with E-state index in [1.54, 1.807) is 0 Å². The summed E-state index contributed by atoms with van der Waals surface area (Å²) in [5.41, 5.74) is 0. The van der Waals surface area contributed by atoms with Gasteiger partial charge in [-0.25, -0.2) is 0 Å². The average molecular weight is 1100 g/mol. The molecule has 76 heavy (non-hydrogen) atoms. The van der Waals surface area contributed by atoms with Crippen molar-refractivity contribution < 1.29 is 79.0 Å². The minimum absolute atomic E-state index is 0.104. The fraction of sp³-hybridized carbons (Fsp3) is 0.933. The van der Waals surface area contributed by atoms with E-state index in [2.05, 4.69) is 27.7 Å². The molecular formula is C60H120O16. The molecule has 456 valence electrons. The van der Waals surface area contributed by atoms with Gasteiger partial charge in [0.1, 0.15) is 50.8 Å². The van der Waals surface area contributed by atoms with Crippen LogP contribution in [0.3, 0.4) is 0 Å². The van der Waals surface area contributed by atoms with E-state index in [0.717, 1.165) is 51.4 Å². The van der Waals surface area contributed by atoms with Gasteiger partial charge in [-0.3, -0.25) is 19.2 Å². The van der Waals surface area contributed by atoms with Crippen LogP contribution < -0.4 is 0 Å². The van der Waals surface area contributed by atoms with Crippen LogP contribution in [-0.2, 0) is 38.1 Å². The Kier molecular flexibility index (Phi) is 72.3. The van der Waals surface area contributed by atoms with Gasteiger partial charge in [-0.05, 0) is 25.7 Å². The second kappa shape index (κ2) is 68.7. The normalized spacial score (nSPS) is 12.4. The molecule has 0 aliphatic carbocycles. The maximum absolute atomic E-state index is 11.3. The van der Waals surface area contributed by atoms with Crippen LogP contribution in [0.1, 0.15) is 285 Å². The maximum Gasteiger partial charge on any atom is 0.305 e. The van der Waals surface area contributed by atoms with Crippen molar-refractivity contribution >= 4 is 23.9 Å². The van der Waals surface area contributed by atoms with E-state index in [4.69, 9.17) is 59.8 Å². The van der Waals surface area contributed by atoms with Gasteiger partial charge in [0.2, 0.25) is 0 Å². The standard InChI is InChI=1S/4C15H30O4/c4*1-2-3-4-5-6-7-8-9-10-11-15(18)19-13-14(17)12-16/h4*14,16-17H,2-13H2,1H3. The summed E-state index contributed by atoms with van der Waals surface area (Å²) in [6, 6.07) is 0. The minimum atomic E-state index is -0.952. The molecule has 0 aromatic carbocycles. The van der Waals surface area contributed by atoms with Crippen LogP contribution in [0.15, 0.2) is 0 Å². The average Bonchev–Trinajstić information content (AvgIpc) is 3.43. The molecule has 0 heterocycles. The third-order valence-corrected chi connectivity index (χ3v) is 12.5. The monoisotopic (exact) mass is 1100 g/mol. The number of aliphatic hydroxyl groups is 8. The highest BCUT2D eigenvalue weighted by Gasteiger charge is 2.11. The first-order chi connectivity index (χ1) is 36.8. The van der Waals surface area contributed by atoms with E-state index < -0.39 is 24.4 Å². The Morgan fingerprint density at radius 2 is 0.382 bits per heavy atom. The summed E-state index contributed by atoms with van der Waals surface area (Å²) in [7, 11) is 0. The molecule has 0 aromatic heterocycles. The molecule has 0 aliphatic rings. The number of aliphatic hydroxyl groups excluding tert-OH is 8. The number of rotatable bonds is 52. The van der Waals surface area contributed by atoms with Gasteiger partial charge in [-0.15, -0.1) is 0 Å². The van der Waals surface area contributed by atoms with Crippen LogP contribution in [0.5, 0.6) is 0 Å². The van der Waals surface area contributed by atoms with Crippen molar-refractivity contribution in [1.82, 2.24) is 0 Å². The van der Waals surface area contributed by atoms with Crippen molar-refractivity contribution in [2.45, 2.75) is 309 Å². The van der Waals surface area contributed by atoms with Crippen LogP contribution in [-0.4, -0.2) is 142 Å². The molecule has 0 aromatic rings. The molecule has 0 amide bonds. The molecule has 16 heteroatoms. The summed E-state index contributed by atoms with van der Waals surface area (Å²) >= 11 is 0. The minimum Gasteiger partial charge on any atom is -0.463 e. The first kappa shape index (κ1) is 80.0. The topological polar surface area (TPSA) is 267 Å². The highest BCUT2D eigenvalue weighted by molar-refractivity contribution is 5.70. The third kappa shape index (κ3) is 73.6. The summed E-state index contributed by atoms with van der Waals surface area (Å²) in [5, 5.41) is 70.3. The summed E-state index contributed by atoms with van der Waals surface area (Å²) in [5.74, 6) is -1.13. The van der Waals surface area contributed by atoms with E-state index in [0.29, 0.717) is 25.7 Å². The molecule has 0 fully saturated rings. The molecule has 0 saturated carbocycles. The van der Waals surface area contributed by atoms with E-state index >= 15 is 0 Å². The second-order valence-electron chi connectivity index (χ2n) is 20.4. The van der Waals surface area contributed by atoms with Crippen LogP contribution >= 0.6 is 0 Å². The van der Waals surface area contributed by atoms with Crippen molar-refractivity contribution in [3.63, 3.8) is 0 Å². The fourth-order valence-corrected chi connectivity index (χ4v) is 7.58. The lowest BCUT2D eigenvalue weighted by atomic mass is 10.1. The van der Waals surface area contributed by atoms with E-state index in [1.165, 1.54) is 180 Å². The van der Waals surface area contributed by atoms with Crippen molar-refractivity contribution in [3.8, 4) is 0 Å². The second-order valence-corrected chi connectivity index (χ2v) is 20.4. The lowest BCUT2D eigenvalue weighted by molar-refractivity contribution is -0.148. The molecule has 4 atom stereocenters. The Hall–Kier alpha value is -2.44. The Labute approximate surface area is 463 Å². The molecule has 4 unspecified atom stereocenters. The number of carbonyl (C=O) groups is 4. The Morgan fingerprint density at radius 3 is 0.513 bits per heavy atom. The molecule has 0 aliphatic heterocycles. The van der Waals surface area contributed by atoms with Gasteiger partial charge in [-0.2, -0.15) is 0 Å². The van der Waals surface area contributed by atoms with Gasteiger partial charge in [0.05, 0.1) is 26.4 Å². The number of carbonyl (C=O) groups excluding carboxylic acids is 4. The number of hydrogen-bond donors (Lipinski definition) is 8. The highest BCUT2D eigenvalue weighted by Crippen LogP contribution is 2.14. The van der Waals surface area contributed by atoms with Gasteiger partial charge in [0.15, 0.2) is 0 Å². The van der Waals surface area contributed by atoms with Crippen molar-refractivity contribution in [3.05, 3.63) is 0 Å². The van der Waals surface area contributed by atoms with Gasteiger partial charge in [-0.1, -0.05) is 233 Å². The molecule has 0 rings (SSSR count). The number of ether oxygens (including phenoxy) is 4. The SMILES string of the molecule is CCCCCCCCCCCC(=O)OCC(O)CO.CCCCCCCCCCCC(=O)OCC(O)CO.CCCCCCCCCCCC(=O)OCC(O)CO.CCCCCCCCCCCC(=O)OCC(O)CO. The predicted molar refractivity (Wildman–Crippen MR) is 304 cm³/mol. The zero-order valence-corrected chi connectivity index (χ0v) is 49.1. The fourth-order valence-electron chi connectivity index (χ4n) is 7.58. The summed E-state index contributed by atoms with van der Waals surface area (Å²) in [6.45, 7) is 6.99. The molecular weight excluding hydrogens is 977 g/mol. The van der Waals surface area contributed by atoms with Crippen molar-refractivity contribution in [2.24, 2.45) is 0 Å². The lowest BCUT2D eigenvalue weighted by Crippen LogP contribution is -2.21. The number of hydrogen-bond acceptors (Lipinski definition) is 16. The third-order valence-electron chi connectivity index (χ3n) is 12.5. The summed E-state index contributed by atoms with van der Waals surface area (Å²) in [4.78, 5) is 45.0. The molecule has 0 bridgehead atoms. The van der Waals surface area contributed by atoms with Crippen LogP contribution in [0, 0.1) is 0 Å². The van der Waals surface area contributed by atoms with E-state index in [1.807, 2.05) is 0 Å². The Bertz CT molecular complexity index is 1000. The van der Waals surface area contributed by atoms with Gasteiger partial charge in [0.25, 0.3) is 0 Å². The summed E-state index contributed by atoms with van der Waals surface area (Å²) in [6.07, 6.45) is 41.6. The maximum atomic E-state index is 11.3. The predicted octanol–water partition coefficient (Wildman–Crippen LogP) is 11.2. The first-order valence-corrected chi connectivity index (χ1v) is 30.6. The molecule has 8 N–H and O–H groups in total. The molecule has 0 saturated heterocycles. The highest BCUT2D eigenvalue weighted by atomic mass is 16.6.